The fraction of sp³-hybridized carbons (Fsp3) is 0.818. The van der Waals surface area contributed by atoms with Crippen molar-refractivity contribution < 1.29 is 0 Å². The Balaban J connectivity index is 1.77. The molecule has 1 aromatic rings. The van der Waals surface area contributed by atoms with Gasteiger partial charge < -0.3 is 10.3 Å². The highest BCUT2D eigenvalue weighted by Crippen LogP contribution is 2.29. The summed E-state index contributed by atoms with van der Waals surface area (Å²) >= 11 is 2.08. The predicted octanol–water partition coefficient (Wildman–Crippen LogP) is 0.990. The van der Waals surface area contributed by atoms with Gasteiger partial charge >= 0.3 is 0 Å². The smallest absolute Gasteiger partial charge is 0.134 e. The summed E-state index contributed by atoms with van der Waals surface area (Å²) in [6.45, 7) is 0.912. The van der Waals surface area contributed by atoms with Gasteiger partial charge in [-0.25, -0.2) is 0 Å². The van der Waals surface area contributed by atoms with E-state index in [1.54, 1.807) is 0 Å². The molecule has 0 bridgehead atoms. The Morgan fingerprint density at radius 2 is 2.31 bits per heavy atom. The highest BCUT2D eigenvalue weighted by molar-refractivity contribution is 8.00. The van der Waals surface area contributed by atoms with Crippen molar-refractivity contribution in [2.75, 3.05) is 5.75 Å². The summed E-state index contributed by atoms with van der Waals surface area (Å²) in [5, 5.41) is 9.38. The maximum absolute atomic E-state index is 6.00. The van der Waals surface area contributed by atoms with Gasteiger partial charge in [0, 0.05) is 30.7 Å². The van der Waals surface area contributed by atoms with Crippen molar-refractivity contribution in [3.05, 3.63) is 11.6 Å². The topological polar surface area (TPSA) is 56.7 Å². The molecule has 3 rings (SSSR count). The van der Waals surface area contributed by atoms with Crippen LogP contribution in [-0.2, 0) is 19.4 Å². The van der Waals surface area contributed by atoms with Gasteiger partial charge in [-0.3, -0.25) is 0 Å². The first kappa shape index (κ1) is 10.6. The second-order valence-electron chi connectivity index (χ2n) is 4.78. The third-order valence-electron chi connectivity index (χ3n) is 3.49. The molecule has 1 saturated heterocycles. The van der Waals surface area contributed by atoms with Crippen molar-refractivity contribution in [2.45, 2.75) is 49.9 Å². The van der Waals surface area contributed by atoms with Crippen LogP contribution in [0.2, 0.25) is 0 Å². The maximum Gasteiger partial charge on any atom is 0.134 e. The second kappa shape index (κ2) is 4.37. The normalized spacial score (nSPS) is 29.3. The van der Waals surface area contributed by atoms with E-state index in [-0.39, 0.29) is 0 Å². The van der Waals surface area contributed by atoms with E-state index in [2.05, 4.69) is 26.5 Å². The molecule has 0 radical (unpaired) electrons. The third kappa shape index (κ3) is 1.98. The van der Waals surface area contributed by atoms with Gasteiger partial charge in [-0.15, -0.1) is 10.2 Å². The van der Waals surface area contributed by atoms with Gasteiger partial charge in [0.05, 0.1) is 0 Å². The number of nitrogens with two attached hydrogens (primary N) is 1. The Labute approximate surface area is 100.0 Å². The van der Waals surface area contributed by atoms with Gasteiger partial charge in [-0.05, 0) is 25.0 Å². The number of fused-ring (bicyclic) bond motifs is 1. The third-order valence-corrected chi connectivity index (χ3v) is 4.89. The summed E-state index contributed by atoms with van der Waals surface area (Å²) in [5.41, 5.74) is 6.00. The summed E-state index contributed by atoms with van der Waals surface area (Å²) < 4.78 is 2.26. The van der Waals surface area contributed by atoms with Gasteiger partial charge in [0.2, 0.25) is 0 Å². The summed E-state index contributed by atoms with van der Waals surface area (Å²) in [7, 11) is 0. The number of hydrogen-bond acceptors (Lipinski definition) is 4. The van der Waals surface area contributed by atoms with Gasteiger partial charge in [0.1, 0.15) is 11.6 Å². The number of rotatable bonds is 2. The quantitative estimate of drug-likeness (QED) is 0.835. The minimum absolute atomic E-state index is 0.290. The summed E-state index contributed by atoms with van der Waals surface area (Å²) in [4.78, 5) is 0. The lowest BCUT2D eigenvalue weighted by atomic mass is 10.1. The monoisotopic (exact) mass is 238 g/mol. The van der Waals surface area contributed by atoms with Crippen LogP contribution in [-0.4, -0.2) is 31.8 Å². The molecule has 0 aromatic carbocycles. The molecule has 0 saturated carbocycles. The van der Waals surface area contributed by atoms with Crippen molar-refractivity contribution in [3.63, 3.8) is 0 Å². The molecule has 2 N–H and O–H groups in total. The van der Waals surface area contributed by atoms with E-state index in [1.807, 2.05) is 0 Å². The zero-order valence-electron chi connectivity index (χ0n) is 9.43. The lowest BCUT2D eigenvalue weighted by Crippen LogP contribution is -2.33. The van der Waals surface area contributed by atoms with E-state index in [4.69, 9.17) is 5.73 Å². The van der Waals surface area contributed by atoms with E-state index in [1.165, 1.54) is 18.6 Å². The largest absolute Gasteiger partial charge is 0.326 e. The first-order valence-corrected chi connectivity index (χ1v) is 7.16. The number of nitrogens with zero attached hydrogens (tertiary/aromatic N) is 3. The van der Waals surface area contributed by atoms with Crippen LogP contribution in [0.25, 0.3) is 0 Å². The van der Waals surface area contributed by atoms with Crippen molar-refractivity contribution in [1.82, 2.24) is 14.8 Å². The molecule has 2 unspecified atom stereocenters. The molecule has 4 nitrogen and oxygen atoms in total. The minimum Gasteiger partial charge on any atom is -0.326 e. The molecule has 2 aliphatic heterocycles. The average molecular weight is 238 g/mol. The second-order valence-corrected chi connectivity index (χ2v) is 6.19. The van der Waals surface area contributed by atoms with Crippen LogP contribution in [0.1, 0.15) is 30.9 Å². The van der Waals surface area contributed by atoms with Crippen LogP contribution in [0.4, 0.5) is 0 Å². The van der Waals surface area contributed by atoms with E-state index >= 15 is 0 Å². The van der Waals surface area contributed by atoms with Crippen molar-refractivity contribution in [2.24, 2.45) is 5.73 Å². The Bertz CT molecular complexity index is 370. The van der Waals surface area contributed by atoms with Crippen LogP contribution in [0.15, 0.2) is 0 Å². The van der Waals surface area contributed by atoms with Crippen LogP contribution >= 0.6 is 11.8 Å². The number of thioether (sulfide) groups is 1. The lowest BCUT2D eigenvalue weighted by molar-refractivity contribution is 0.442. The molecule has 88 valence electrons. The predicted molar refractivity (Wildman–Crippen MR) is 65.5 cm³/mol. The summed E-state index contributed by atoms with van der Waals surface area (Å²) in [5.74, 6) is 3.61. The molecule has 0 spiro atoms. The van der Waals surface area contributed by atoms with Crippen molar-refractivity contribution >= 4 is 11.8 Å². The number of hydrogen-bond donors (Lipinski definition) is 1. The Morgan fingerprint density at radius 1 is 1.38 bits per heavy atom. The summed E-state index contributed by atoms with van der Waals surface area (Å²) in [6.07, 6.45) is 5.81. The SMILES string of the molecule is NC1CCc2nnc(CC3CCCS3)n2C1. The van der Waals surface area contributed by atoms with Crippen LogP contribution < -0.4 is 5.73 Å². The highest BCUT2D eigenvalue weighted by Gasteiger charge is 2.23. The molecular weight excluding hydrogens is 220 g/mol. The molecule has 5 heteroatoms. The van der Waals surface area contributed by atoms with Crippen molar-refractivity contribution in [1.29, 1.82) is 0 Å². The first-order chi connectivity index (χ1) is 7.83. The Hall–Kier alpha value is -0.550. The molecule has 1 fully saturated rings. The van der Waals surface area contributed by atoms with Gasteiger partial charge in [0.25, 0.3) is 0 Å². The van der Waals surface area contributed by atoms with Crippen LogP contribution in [0.3, 0.4) is 0 Å². The van der Waals surface area contributed by atoms with E-state index in [0.29, 0.717) is 6.04 Å². The Morgan fingerprint density at radius 3 is 3.12 bits per heavy atom. The van der Waals surface area contributed by atoms with Gasteiger partial charge in [-0.1, -0.05) is 0 Å². The molecule has 16 heavy (non-hydrogen) atoms. The minimum atomic E-state index is 0.290. The van der Waals surface area contributed by atoms with Crippen molar-refractivity contribution in [3.8, 4) is 0 Å². The fourth-order valence-electron chi connectivity index (χ4n) is 2.57. The zero-order chi connectivity index (χ0) is 11.0. The molecule has 1 aromatic heterocycles. The highest BCUT2D eigenvalue weighted by atomic mass is 32.2. The molecule has 0 aliphatic carbocycles. The lowest BCUT2D eigenvalue weighted by Gasteiger charge is -2.21. The van der Waals surface area contributed by atoms with Gasteiger partial charge in [0.15, 0.2) is 0 Å². The van der Waals surface area contributed by atoms with Gasteiger partial charge in [-0.2, -0.15) is 11.8 Å². The fourth-order valence-corrected chi connectivity index (χ4v) is 3.84. The average Bonchev–Trinajstić information content (AvgIpc) is 2.90. The van der Waals surface area contributed by atoms with Crippen LogP contribution in [0, 0.1) is 0 Å². The zero-order valence-corrected chi connectivity index (χ0v) is 10.2. The maximum atomic E-state index is 6.00. The molecule has 2 atom stereocenters. The summed E-state index contributed by atoms with van der Waals surface area (Å²) in [6, 6.07) is 0.290. The van der Waals surface area contributed by atoms with E-state index in [0.717, 1.165) is 42.7 Å². The van der Waals surface area contributed by atoms with E-state index < -0.39 is 0 Å². The molecule has 3 heterocycles. The van der Waals surface area contributed by atoms with E-state index in [9.17, 15) is 0 Å². The molecule has 0 amide bonds. The number of aromatic nitrogens is 3. The number of aryl methyl sites for hydroxylation is 1. The first-order valence-electron chi connectivity index (χ1n) is 6.11. The molecule has 2 aliphatic rings. The van der Waals surface area contributed by atoms with Crippen LogP contribution in [0.5, 0.6) is 0 Å². The molecular formula is C11H18N4S. The standard InChI is InChI=1S/C11H18N4S/c12-8-3-4-10-13-14-11(15(10)7-8)6-9-2-1-5-16-9/h8-9H,1-7,12H2. The Kier molecular flexibility index (Phi) is 2.90.